The first kappa shape index (κ1) is 41.0. The summed E-state index contributed by atoms with van der Waals surface area (Å²) >= 11 is 6.40. The summed E-state index contributed by atoms with van der Waals surface area (Å²) in [5.41, 5.74) is 6.07. The van der Waals surface area contributed by atoms with Gasteiger partial charge in [-0.15, -0.1) is 0 Å². The van der Waals surface area contributed by atoms with Crippen molar-refractivity contribution in [2.75, 3.05) is 33.9 Å². The van der Waals surface area contributed by atoms with Gasteiger partial charge in [0.15, 0.2) is 5.82 Å². The van der Waals surface area contributed by atoms with E-state index in [4.69, 9.17) is 35.8 Å². The smallest absolute Gasteiger partial charge is 0.475 e. The number of aryl methyl sites for hydroxylation is 2. The van der Waals surface area contributed by atoms with Gasteiger partial charge in [-0.2, -0.15) is 36.3 Å². The summed E-state index contributed by atoms with van der Waals surface area (Å²) in [5.74, 6) is -4.24. The molecular formula is C35H31ClF6N8O6. The Morgan fingerprint density at radius 3 is 2.21 bits per heavy atom. The molecule has 1 fully saturated rings. The molecule has 7 rings (SSSR count). The molecule has 2 aliphatic heterocycles. The first-order valence-electron chi connectivity index (χ1n) is 16.6. The van der Waals surface area contributed by atoms with Crippen LogP contribution in [-0.4, -0.2) is 73.4 Å². The van der Waals surface area contributed by atoms with Gasteiger partial charge in [-0.25, -0.2) is 19.6 Å². The van der Waals surface area contributed by atoms with Gasteiger partial charge in [0, 0.05) is 42.8 Å². The molecule has 0 atom stereocenters. The molecule has 14 nitrogen and oxygen atoms in total. The highest BCUT2D eigenvalue weighted by molar-refractivity contribution is 6.32. The lowest BCUT2D eigenvalue weighted by Gasteiger charge is -2.30. The normalized spacial score (nSPS) is 14.2. The number of nitrogens with one attached hydrogen (secondary N) is 3. The van der Waals surface area contributed by atoms with Crippen molar-refractivity contribution in [3.8, 4) is 0 Å². The lowest BCUT2D eigenvalue weighted by atomic mass is 9.93. The Morgan fingerprint density at radius 1 is 0.875 bits per heavy atom. The first-order valence-corrected chi connectivity index (χ1v) is 17.0. The van der Waals surface area contributed by atoms with E-state index in [9.17, 15) is 31.1 Å². The standard InChI is InChI=1S/C31H29ClN8O2.2C2HF3O2/c32-24-18-34-30-36-22-4-1-3-19(15-22)6-7-21-17-23(35-28(24)39-30)8-9-25(21)37-27(41)16-20-10-13-40(14-11-20)31-38-26-5-2-12-33-29(26)42-31;2*3-2(4,5)1(6)7/h1-5,8-9,12,15,17-18,20H,6-7,10-11,13-14,16H2,(H,37,41)(H2,34,35,36,39);2*(H,6,7). The van der Waals surface area contributed by atoms with E-state index >= 15 is 0 Å². The highest BCUT2D eigenvalue weighted by atomic mass is 35.5. The molecule has 5 aromatic rings. The van der Waals surface area contributed by atoms with Gasteiger partial charge in [0.2, 0.25) is 17.6 Å². The van der Waals surface area contributed by atoms with Crippen LogP contribution in [0.1, 0.15) is 30.4 Å². The molecule has 6 bridgehead atoms. The Morgan fingerprint density at radius 2 is 1.55 bits per heavy atom. The molecular weight excluding hydrogens is 778 g/mol. The molecule has 0 spiro atoms. The number of pyridine rings is 1. The summed E-state index contributed by atoms with van der Waals surface area (Å²) < 4.78 is 69.3. The number of piperidine rings is 1. The van der Waals surface area contributed by atoms with E-state index in [1.165, 1.54) is 5.56 Å². The molecule has 1 saturated heterocycles. The van der Waals surface area contributed by atoms with Crippen molar-refractivity contribution in [2.24, 2.45) is 5.92 Å². The second kappa shape index (κ2) is 17.5. The molecule has 0 unspecified atom stereocenters. The Bertz CT molecular complexity index is 2140. The number of carboxylic acid groups (broad SMARTS) is 2. The third-order valence-corrected chi connectivity index (χ3v) is 8.53. The molecule has 0 radical (unpaired) electrons. The summed E-state index contributed by atoms with van der Waals surface area (Å²) in [6.07, 6.45) is -3.08. The summed E-state index contributed by atoms with van der Waals surface area (Å²) in [6.45, 7) is 1.58. The van der Waals surface area contributed by atoms with Gasteiger partial charge in [-0.3, -0.25) is 4.79 Å². The number of carbonyl (C=O) groups is 3. The average molecular weight is 809 g/mol. The maximum atomic E-state index is 13.2. The molecule has 21 heteroatoms. The Hall–Kier alpha value is -6.18. The van der Waals surface area contributed by atoms with Crippen LogP contribution in [0.4, 0.5) is 61.2 Å². The van der Waals surface area contributed by atoms with Gasteiger partial charge in [-0.1, -0.05) is 23.7 Å². The lowest BCUT2D eigenvalue weighted by Crippen LogP contribution is -2.35. The number of amides is 1. The molecule has 2 aliphatic rings. The minimum Gasteiger partial charge on any atom is -0.475 e. The molecule has 5 N–H and O–H groups in total. The Labute approximate surface area is 317 Å². The monoisotopic (exact) mass is 808 g/mol. The SMILES string of the molecule is O=C(CC1CCN(c2nc3cccnc3o2)CC1)Nc1ccc2cc1CCc1cccc(c1)Nc1ncc(Cl)c(n1)N2.O=C(O)C(F)(F)F.O=C(O)C(F)(F)F. The maximum absolute atomic E-state index is 13.2. The molecule has 1 amide bonds. The second-order valence-corrected chi connectivity index (χ2v) is 12.7. The quantitative estimate of drug-likeness (QED) is 0.111. The summed E-state index contributed by atoms with van der Waals surface area (Å²) in [4.78, 5) is 50.8. The number of carbonyl (C=O) groups excluding carboxylic acids is 1. The maximum Gasteiger partial charge on any atom is 0.490 e. The van der Waals surface area contributed by atoms with E-state index in [-0.39, 0.29) is 5.91 Å². The van der Waals surface area contributed by atoms with E-state index < -0.39 is 24.3 Å². The van der Waals surface area contributed by atoms with Gasteiger partial charge >= 0.3 is 24.3 Å². The molecule has 296 valence electrons. The van der Waals surface area contributed by atoms with Crippen LogP contribution in [0.2, 0.25) is 5.02 Å². The topological polar surface area (TPSA) is 196 Å². The van der Waals surface area contributed by atoms with E-state index in [1.54, 1.807) is 12.4 Å². The highest BCUT2D eigenvalue weighted by Gasteiger charge is 2.39. The minimum atomic E-state index is -5.08. The fourth-order valence-corrected chi connectivity index (χ4v) is 5.69. The molecule has 3 aromatic heterocycles. The van der Waals surface area contributed by atoms with Crippen molar-refractivity contribution in [1.82, 2.24) is 19.9 Å². The number of aliphatic carboxylic acids is 2. The fourth-order valence-electron chi connectivity index (χ4n) is 5.55. The number of benzene rings is 2. The zero-order valence-corrected chi connectivity index (χ0v) is 29.5. The zero-order chi connectivity index (χ0) is 40.6. The number of alkyl halides is 6. The van der Waals surface area contributed by atoms with Crippen molar-refractivity contribution in [2.45, 2.75) is 44.5 Å². The number of aromatic nitrogens is 4. The number of rotatable bonds is 4. The largest absolute Gasteiger partial charge is 0.490 e. The van der Waals surface area contributed by atoms with Crippen molar-refractivity contribution < 1.29 is 55.4 Å². The number of hydrogen-bond donors (Lipinski definition) is 5. The van der Waals surface area contributed by atoms with Crippen molar-refractivity contribution in [3.05, 3.63) is 83.1 Å². The predicted octanol–water partition coefficient (Wildman–Crippen LogP) is 7.76. The number of anilines is 6. The third-order valence-electron chi connectivity index (χ3n) is 8.25. The third kappa shape index (κ3) is 11.4. The summed E-state index contributed by atoms with van der Waals surface area (Å²) in [7, 11) is 0. The van der Waals surface area contributed by atoms with Crippen LogP contribution in [0.3, 0.4) is 0 Å². The molecule has 0 saturated carbocycles. The van der Waals surface area contributed by atoms with E-state index in [1.807, 2.05) is 36.4 Å². The van der Waals surface area contributed by atoms with Gasteiger partial charge in [0.05, 0.1) is 6.20 Å². The van der Waals surface area contributed by atoms with Crippen LogP contribution in [0.25, 0.3) is 11.2 Å². The minimum absolute atomic E-state index is 0.0223. The van der Waals surface area contributed by atoms with E-state index in [0.717, 1.165) is 66.9 Å². The van der Waals surface area contributed by atoms with Crippen LogP contribution >= 0.6 is 11.6 Å². The van der Waals surface area contributed by atoms with Crippen LogP contribution in [-0.2, 0) is 27.2 Å². The van der Waals surface area contributed by atoms with Crippen LogP contribution in [0.5, 0.6) is 0 Å². The van der Waals surface area contributed by atoms with Crippen molar-refractivity contribution >= 4 is 75.5 Å². The van der Waals surface area contributed by atoms with Gasteiger partial charge in [0.25, 0.3) is 6.01 Å². The zero-order valence-electron chi connectivity index (χ0n) is 28.8. The fraction of sp³-hybridized carbons (Fsp3) is 0.286. The first-order chi connectivity index (χ1) is 26.4. The van der Waals surface area contributed by atoms with Crippen LogP contribution in [0.15, 0.2) is 71.4 Å². The molecule has 0 aliphatic carbocycles. The van der Waals surface area contributed by atoms with E-state index in [2.05, 4.69) is 59.0 Å². The van der Waals surface area contributed by atoms with Crippen molar-refractivity contribution in [1.29, 1.82) is 0 Å². The summed E-state index contributed by atoms with van der Waals surface area (Å²) in [5, 5.41) is 24.4. The Balaban J connectivity index is 0.000000367. The number of nitrogens with zero attached hydrogens (tertiary/aromatic N) is 5. The van der Waals surface area contributed by atoms with Crippen LogP contribution in [0, 0.1) is 5.92 Å². The van der Waals surface area contributed by atoms with Crippen molar-refractivity contribution in [3.63, 3.8) is 0 Å². The van der Waals surface area contributed by atoms with Gasteiger partial charge in [0.1, 0.15) is 10.5 Å². The van der Waals surface area contributed by atoms with Crippen LogP contribution < -0.4 is 20.9 Å². The summed E-state index contributed by atoms with van der Waals surface area (Å²) in [6, 6.07) is 18.5. The number of carboxylic acids is 2. The predicted molar refractivity (Wildman–Crippen MR) is 191 cm³/mol. The van der Waals surface area contributed by atoms with Gasteiger partial charge in [-0.05, 0) is 85.2 Å². The number of fused-ring (bicyclic) bond motifs is 7. The lowest BCUT2D eigenvalue weighted by molar-refractivity contribution is -0.193. The average Bonchev–Trinajstić information content (AvgIpc) is 3.58. The van der Waals surface area contributed by atoms with E-state index in [0.29, 0.717) is 40.9 Å². The molecule has 2 aromatic carbocycles. The molecule has 5 heterocycles. The Kier molecular flexibility index (Phi) is 12.8. The molecule has 56 heavy (non-hydrogen) atoms. The number of hydrogen-bond acceptors (Lipinski definition) is 11. The number of halogens is 7. The number of oxazole rings is 1. The highest BCUT2D eigenvalue weighted by Crippen LogP contribution is 2.31. The second-order valence-electron chi connectivity index (χ2n) is 12.3. The van der Waals surface area contributed by atoms with Gasteiger partial charge < -0.3 is 35.5 Å².